The fraction of sp³-hybridized carbons (Fsp3) is 0.872. The third-order valence-electron chi connectivity index (χ3n) is 8.26. The van der Waals surface area contributed by atoms with Crippen molar-refractivity contribution in [2.75, 3.05) is 54.1 Å². The number of nitrogens with zero attached hydrogens (tertiary/aromatic N) is 1. The van der Waals surface area contributed by atoms with E-state index in [0.717, 1.165) is 51.4 Å². The molecule has 9 heteroatoms. The lowest BCUT2D eigenvalue weighted by atomic mass is 10.1. The van der Waals surface area contributed by atoms with Gasteiger partial charge < -0.3 is 27.9 Å². The lowest BCUT2D eigenvalue weighted by Crippen LogP contribution is -2.37. The SMILES string of the molecule is CCCCC/C=C\C/C=C\CCCCCCCCOCC(COP(=O)([O-])OCC[N+](C)(C)C)OC(=O)CCCCCCCCCCCC. The first-order valence-corrected chi connectivity index (χ1v) is 21.0. The fourth-order valence-electron chi connectivity index (χ4n) is 5.16. The van der Waals surface area contributed by atoms with E-state index in [9.17, 15) is 14.3 Å². The molecule has 0 radical (unpaired) electrons. The Kier molecular flexibility index (Phi) is 32.4. The number of unbranched alkanes of at least 4 members (excludes halogenated alkanes) is 18. The van der Waals surface area contributed by atoms with Crippen molar-refractivity contribution in [2.24, 2.45) is 0 Å². The van der Waals surface area contributed by atoms with E-state index in [1.165, 1.54) is 89.9 Å². The quantitative estimate of drug-likeness (QED) is 0.0211. The van der Waals surface area contributed by atoms with E-state index in [4.69, 9.17) is 18.5 Å². The molecular weight excluding hydrogens is 625 g/mol. The third-order valence-corrected chi connectivity index (χ3v) is 9.22. The van der Waals surface area contributed by atoms with Gasteiger partial charge in [0.05, 0.1) is 34.4 Å². The number of phosphoric acid groups is 1. The van der Waals surface area contributed by atoms with Crippen LogP contribution in [0.4, 0.5) is 0 Å². The van der Waals surface area contributed by atoms with Crippen LogP contribution in [0.1, 0.15) is 162 Å². The normalized spacial score (nSPS) is 14.2. The van der Waals surface area contributed by atoms with Gasteiger partial charge in [0.2, 0.25) is 0 Å². The van der Waals surface area contributed by atoms with Gasteiger partial charge in [0.1, 0.15) is 19.3 Å². The Bertz CT molecular complexity index is 828. The van der Waals surface area contributed by atoms with Crippen LogP contribution in [-0.4, -0.2) is 70.7 Å². The van der Waals surface area contributed by atoms with Crippen molar-refractivity contribution < 1.29 is 37.3 Å². The van der Waals surface area contributed by atoms with Gasteiger partial charge in [-0.05, 0) is 44.9 Å². The molecule has 0 amide bonds. The summed E-state index contributed by atoms with van der Waals surface area (Å²) in [7, 11) is 1.35. The zero-order valence-corrected chi connectivity index (χ0v) is 32.8. The fourth-order valence-corrected chi connectivity index (χ4v) is 5.89. The van der Waals surface area contributed by atoms with Crippen molar-refractivity contribution in [1.29, 1.82) is 0 Å². The average molecular weight is 702 g/mol. The summed E-state index contributed by atoms with van der Waals surface area (Å²) in [5.41, 5.74) is 0. The minimum absolute atomic E-state index is 0.0253. The molecule has 0 spiro atoms. The van der Waals surface area contributed by atoms with Crippen LogP contribution in [0.5, 0.6) is 0 Å². The van der Waals surface area contributed by atoms with E-state index in [1.54, 1.807) is 0 Å². The van der Waals surface area contributed by atoms with Crippen LogP contribution in [-0.2, 0) is 27.9 Å². The number of esters is 1. The highest BCUT2D eigenvalue weighted by Gasteiger charge is 2.20. The van der Waals surface area contributed by atoms with Crippen LogP contribution >= 0.6 is 7.82 Å². The molecule has 0 bridgehead atoms. The highest BCUT2D eigenvalue weighted by atomic mass is 31.2. The molecule has 0 fully saturated rings. The summed E-state index contributed by atoms with van der Waals surface area (Å²) >= 11 is 0. The molecule has 0 rings (SSSR count). The lowest BCUT2D eigenvalue weighted by Gasteiger charge is -2.28. The van der Waals surface area contributed by atoms with E-state index in [1.807, 2.05) is 21.1 Å². The molecule has 0 aliphatic heterocycles. The first kappa shape index (κ1) is 47.0. The molecule has 0 saturated carbocycles. The van der Waals surface area contributed by atoms with Gasteiger partial charge in [-0.2, -0.15) is 0 Å². The predicted molar refractivity (Wildman–Crippen MR) is 199 cm³/mol. The second-order valence-electron chi connectivity index (χ2n) is 14.3. The molecule has 0 heterocycles. The van der Waals surface area contributed by atoms with Gasteiger partial charge in [0, 0.05) is 13.0 Å². The molecule has 8 nitrogen and oxygen atoms in total. The molecule has 0 aliphatic carbocycles. The first-order valence-electron chi connectivity index (χ1n) is 19.6. The number of carbonyl (C=O) groups is 1. The van der Waals surface area contributed by atoms with Crippen LogP contribution < -0.4 is 4.89 Å². The van der Waals surface area contributed by atoms with Gasteiger partial charge in [0.15, 0.2) is 0 Å². The van der Waals surface area contributed by atoms with Crippen molar-refractivity contribution >= 4 is 13.8 Å². The molecule has 0 aromatic rings. The summed E-state index contributed by atoms with van der Waals surface area (Å²) in [5.74, 6) is -0.341. The maximum Gasteiger partial charge on any atom is 0.306 e. The standard InChI is InChI=1S/C39H76NO7P/c1-6-8-10-12-14-16-18-19-20-21-22-23-25-27-29-31-34-44-36-38(37-46-48(42,43)45-35-33-40(3,4)5)47-39(41)32-30-28-26-24-17-15-13-11-9-7-2/h14,16,19-20,38H,6-13,15,17-18,21-37H2,1-5H3/b16-14-,20-19-. The topological polar surface area (TPSA) is 94.1 Å². The number of phosphoric ester groups is 1. The summed E-state index contributed by atoms with van der Waals surface area (Å²) in [6, 6.07) is 0. The third kappa shape index (κ3) is 36.3. The van der Waals surface area contributed by atoms with Crippen LogP contribution in [0.25, 0.3) is 0 Å². The Balaban J connectivity index is 4.27. The molecular formula is C39H76NO7P. The predicted octanol–water partition coefficient (Wildman–Crippen LogP) is 10.2. The molecule has 284 valence electrons. The smallest absolute Gasteiger partial charge is 0.306 e. The summed E-state index contributed by atoms with van der Waals surface area (Å²) in [6.07, 6.45) is 34.7. The van der Waals surface area contributed by atoms with Crippen molar-refractivity contribution in [2.45, 2.75) is 168 Å². The number of likely N-dealkylation sites (N-methyl/N-ethyl adjacent to an activating group) is 1. The molecule has 0 saturated heterocycles. The molecule has 0 aromatic heterocycles. The highest BCUT2D eigenvalue weighted by Crippen LogP contribution is 2.38. The summed E-state index contributed by atoms with van der Waals surface area (Å²) in [5, 5.41) is 0. The minimum atomic E-state index is -4.51. The molecule has 2 unspecified atom stereocenters. The summed E-state index contributed by atoms with van der Waals surface area (Å²) in [6.45, 7) is 5.35. The monoisotopic (exact) mass is 702 g/mol. The van der Waals surface area contributed by atoms with Crippen molar-refractivity contribution in [3.05, 3.63) is 24.3 Å². The van der Waals surface area contributed by atoms with Gasteiger partial charge in [-0.15, -0.1) is 0 Å². The zero-order valence-electron chi connectivity index (χ0n) is 31.9. The van der Waals surface area contributed by atoms with Gasteiger partial charge in [-0.3, -0.25) is 9.36 Å². The van der Waals surface area contributed by atoms with E-state index in [0.29, 0.717) is 24.1 Å². The van der Waals surface area contributed by atoms with Crippen LogP contribution in [0.3, 0.4) is 0 Å². The van der Waals surface area contributed by atoms with Gasteiger partial charge in [0.25, 0.3) is 7.82 Å². The second kappa shape index (κ2) is 33.1. The Morgan fingerprint density at radius 2 is 1.15 bits per heavy atom. The van der Waals surface area contributed by atoms with Crippen LogP contribution in [0, 0.1) is 0 Å². The number of hydrogen-bond donors (Lipinski definition) is 0. The van der Waals surface area contributed by atoms with Gasteiger partial charge >= 0.3 is 5.97 Å². The van der Waals surface area contributed by atoms with Crippen molar-refractivity contribution in [3.8, 4) is 0 Å². The van der Waals surface area contributed by atoms with E-state index in [2.05, 4.69) is 38.2 Å². The molecule has 48 heavy (non-hydrogen) atoms. The molecule has 0 aliphatic rings. The largest absolute Gasteiger partial charge is 0.756 e. The summed E-state index contributed by atoms with van der Waals surface area (Å²) < 4.78 is 34.4. The Labute approximate surface area is 296 Å². The van der Waals surface area contributed by atoms with Crippen molar-refractivity contribution in [1.82, 2.24) is 0 Å². The molecule has 0 N–H and O–H groups in total. The maximum atomic E-state index is 12.6. The van der Waals surface area contributed by atoms with E-state index in [-0.39, 0.29) is 25.8 Å². The number of carbonyl (C=O) groups excluding carboxylic acids is 1. The van der Waals surface area contributed by atoms with Crippen LogP contribution in [0.15, 0.2) is 24.3 Å². The van der Waals surface area contributed by atoms with Crippen LogP contribution in [0.2, 0.25) is 0 Å². The molecule has 2 atom stereocenters. The van der Waals surface area contributed by atoms with Gasteiger partial charge in [-0.1, -0.05) is 134 Å². The number of hydrogen-bond acceptors (Lipinski definition) is 7. The summed E-state index contributed by atoms with van der Waals surface area (Å²) in [4.78, 5) is 24.9. The van der Waals surface area contributed by atoms with E-state index >= 15 is 0 Å². The maximum absolute atomic E-state index is 12.6. The van der Waals surface area contributed by atoms with Gasteiger partial charge in [-0.25, -0.2) is 0 Å². The average Bonchev–Trinajstić information content (AvgIpc) is 3.03. The number of quaternary nitrogens is 1. The second-order valence-corrected chi connectivity index (χ2v) is 15.7. The Morgan fingerprint density at radius 1 is 0.646 bits per heavy atom. The highest BCUT2D eigenvalue weighted by molar-refractivity contribution is 7.45. The Morgan fingerprint density at radius 3 is 1.73 bits per heavy atom. The zero-order chi connectivity index (χ0) is 35.6. The minimum Gasteiger partial charge on any atom is -0.756 e. The lowest BCUT2D eigenvalue weighted by molar-refractivity contribution is -0.870. The first-order chi connectivity index (χ1) is 23.1. The Hall–Kier alpha value is -1.02. The number of allylic oxidation sites excluding steroid dienone is 4. The number of rotatable bonds is 36. The number of ether oxygens (including phenoxy) is 2. The van der Waals surface area contributed by atoms with E-state index < -0.39 is 13.9 Å². The van der Waals surface area contributed by atoms with Crippen molar-refractivity contribution in [3.63, 3.8) is 0 Å². The molecule has 0 aromatic carbocycles.